The minimum absolute atomic E-state index is 0.190. The molecule has 2 N–H and O–H groups in total. The van der Waals surface area contributed by atoms with Gasteiger partial charge in [-0.2, -0.15) is 0 Å². The SMILES string of the molecule is CC(NC(=O)Cc1cc(F)cc(F)c1)C(=O)Nc1nc(-c2ccccc2)cs1. The molecule has 2 aromatic carbocycles. The summed E-state index contributed by atoms with van der Waals surface area (Å²) in [5.74, 6) is -2.47. The lowest BCUT2D eigenvalue weighted by Crippen LogP contribution is -2.42. The van der Waals surface area contributed by atoms with Gasteiger partial charge in [-0.3, -0.25) is 9.59 Å². The Hall–Kier alpha value is -3.13. The maximum atomic E-state index is 13.2. The van der Waals surface area contributed by atoms with Crippen LogP contribution in [0.2, 0.25) is 0 Å². The molecule has 1 heterocycles. The van der Waals surface area contributed by atoms with Crippen LogP contribution in [0.1, 0.15) is 12.5 Å². The number of rotatable bonds is 6. The first kappa shape index (κ1) is 19.6. The van der Waals surface area contributed by atoms with E-state index in [1.165, 1.54) is 18.3 Å². The second-order valence-electron chi connectivity index (χ2n) is 6.14. The average molecular weight is 401 g/mol. The van der Waals surface area contributed by atoms with Crippen LogP contribution in [-0.2, 0) is 16.0 Å². The first-order valence-electron chi connectivity index (χ1n) is 8.47. The van der Waals surface area contributed by atoms with Crippen molar-refractivity contribution in [2.75, 3.05) is 5.32 Å². The second kappa shape index (κ2) is 8.71. The Labute approximate surface area is 164 Å². The minimum atomic E-state index is -0.838. The molecule has 5 nitrogen and oxygen atoms in total. The predicted molar refractivity (Wildman–Crippen MR) is 104 cm³/mol. The third-order valence-corrected chi connectivity index (χ3v) is 4.62. The lowest BCUT2D eigenvalue weighted by molar-refractivity contribution is -0.125. The minimum Gasteiger partial charge on any atom is -0.344 e. The van der Waals surface area contributed by atoms with E-state index < -0.39 is 29.5 Å². The van der Waals surface area contributed by atoms with Crippen LogP contribution in [0.25, 0.3) is 11.3 Å². The molecule has 1 atom stereocenters. The number of nitrogens with zero attached hydrogens (tertiary/aromatic N) is 1. The number of halogens is 2. The highest BCUT2D eigenvalue weighted by atomic mass is 32.1. The summed E-state index contributed by atoms with van der Waals surface area (Å²) in [6.45, 7) is 1.52. The highest BCUT2D eigenvalue weighted by Crippen LogP contribution is 2.24. The highest BCUT2D eigenvalue weighted by molar-refractivity contribution is 7.14. The first-order valence-corrected chi connectivity index (χ1v) is 9.35. The van der Waals surface area contributed by atoms with Crippen LogP contribution >= 0.6 is 11.3 Å². The predicted octanol–water partition coefficient (Wildman–Crippen LogP) is 3.77. The summed E-state index contributed by atoms with van der Waals surface area (Å²) in [7, 11) is 0. The second-order valence-corrected chi connectivity index (χ2v) is 6.99. The zero-order valence-electron chi connectivity index (χ0n) is 14.9. The Bertz CT molecular complexity index is 972. The highest BCUT2D eigenvalue weighted by Gasteiger charge is 2.18. The van der Waals surface area contributed by atoms with Gasteiger partial charge >= 0.3 is 0 Å². The van der Waals surface area contributed by atoms with Gasteiger partial charge in [0, 0.05) is 17.0 Å². The number of thiazole rings is 1. The van der Waals surface area contributed by atoms with Gasteiger partial charge in [-0.05, 0) is 24.6 Å². The molecule has 8 heteroatoms. The van der Waals surface area contributed by atoms with Crippen LogP contribution in [-0.4, -0.2) is 22.8 Å². The number of hydrogen-bond donors (Lipinski definition) is 2. The summed E-state index contributed by atoms with van der Waals surface area (Å²) in [5, 5.41) is 7.40. The Morgan fingerprint density at radius 2 is 1.79 bits per heavy atom. The fourth-order valence-electron chi connectivity index (χ4n) is 2.54. The first-order chi connectivity index (χ1) is 13.4. The molecule has 28 heavy (non-hydrogen) atoms. The third-order valence-electron chi connectivity index (χ3n) is 3.86. The van der Waals surface area contributed by atoms with Gasteiger partial charge in [0.2, 0.25) is 11.8 Å². The third kappa shape index (κ3) is 5.20. The molecule has 0 radical (unpaired) electrons. The Morgan fingerprint density at radius 3 is 2.46 bits per heavy atom. The van der Waals surface area contributed by atoms with E-state index in [2.05, 4.69) is 15.6 Å². The molecule has 2 amide bonds. The molecule has 1 unspecified atom stereocenters. The van der Waals surface area contributed by atoms with E-state index in [0.29, 0.717) is 5.13 Å². The molecule has 0 aliphatic rings. The van der Waals surface area contributed by atoms with Gasteiger partial charge in [0.05, 0.1) is 12.1 Å². The number of aromatic nitrogens is 1. The largest absolute Gasteiger partial charge is 0.344 e. The number of benzene rings is 2. The summed E-state index contributed by atoms with van der Waals surface area (Å²) in [4.78, 5) is 28.7. The van der Waals surface area contributed by atoms with Crippen molar-refractivity contribution in [2.45, 2.75) is 19.4 Å². The normalized spacial score (nSPS) is 11.7. The van der Waals surface area contributed by atoms with Gasteiger partial charge in [0.25, 0.3) is 0 Å². The van der Waals surface area contributed by atoms with Gasteiger partial charge < -0.3 is 10.6 Å². The summed E-state index contributed by atoms with van der Waals surface area (Å²) in [6.07, 6.45) is -0.234. The van der Waals surface area contributed by atoms with Crippen LogP contribution in [0, 0.1) is 11.6 Å². The van der Waals surface area contributed by atoms with Gasteiger partial charge in [0.15, 0.2) is 5.13 Å². The molecule has 1 aromatic heterocycles. The molecule has 3 rings (SSSR count). The Balaban J connectivity index is 1.56. The van der Waals surface area contributed by atoms with Gasteiger partial charge in [0.1, 0.15) is 17.7 Å². The number of carbonyl (C=O) groups is 2. The molecule has 0 aliphatic heterocycles. The maximum absolute atomic E-state index is 13.2. The van der Waals surface area contributed by atoms with Crippen molar-refractivity contribution in [1.29, 1.82) is 0 Å². The van der Waals surface area contributed by atoms with E-state index in [1.807, 2.05) is 35.7 Å². The van der Waals surface area contributed by atoms with Crippen molar-refractivity contribution in [3.8, 4) is 11.3 Å². The Kier molecular flexibility index (Phi) is 6.10. The van der Waals surface area contributed by atoms with Crippen LogP contribution in [0.4, 0.5) is 13.9 Å². The van der Waals surface area contributed by atoms with Crippen LogP contribution in [0.15, 0.2) is 53.9 Å². The van der Waals surface area contributed by atoms with E-state index >= 15 is 0 Å². The van der Waals surface area contributed by atoms with Crippen molar-refractivity contribution in [1.82, 2.24) is 10.3 Å². The van der Waals surface area contributed by atoms with E-state index in [-0.39, 0.29) is 12.0 Å². The smallest absolute Gasteiger partial charge is 0.248 e. The molecule has 0 bridgehead atoms. The zero-order valence-corrected chi connectivity index (χ0v) is 15.7. The molecule has 0 fully saturated rings. The number of anilines is 1. The fourth-order valence-corrected chi connectivity index (χ4v) is 3.27. The lowest BCUT2D eigenvalue weighted by Gasteiger charge is -2.13. The van der Waals surface area contributed by atoms with Crippen LogP contribution < -0.4 is 10.6 Å². The molecule has 0 aliphatic carbocycles. The molecular formula is C20H17F2N3O2S. The maximum Gasteiger partial charge on any atom is 0.248 e. The quantitative estimate of drug-likeness (QED) is 0.661. The fraction of sp³-hybridized carbons (Fsp3) is 0.150. The Morgan fingerprint density at radius 1 is 1.11 bits per heavy atom. The summed E-state index contributed by atoms with van der Waals surface area (Å²) >= 11 is 1.28. The van der Waals surface area contributed by atoms with Crippen molar-refractivity contribution in [2.24, 2.45) is 0 Å². The van der Waals surface area contributed by atoms with Crippen molar-refractivity contribution in [3.05, 3.63) is 71.1 Å². The number of nitrogens with one attached hydrogen (secondary N) is 2. The van der Waals surface area contributed by atoms with E-state index in [0.717, 1.165) is 29.5 Å². The summed E-state index contributed by atoms with van der Waals surface area (Å²) in [6, 6.07) is 11.6. The van der Waals surface area contributed by atoms with E-state index in [4.69, 9.17) is 0 Å². The topological polar surface area (TPSA) is 71.1 Å². The molecular weight excluding hydrogens is 384 g/mol. The molecule has 0 saturated heterocycles. The number of carbonyl (C=O) groups excluding carboxylic acids is 2. The standard InChI is InChI=1S/C20H17F2N3O2S/c1-12(23-18(26)9-13-7-15(21)10-16(22)8-13)19(27)25-20-24-17(11-28-20)14-5-3-2-4-6-14/h2-8,10-12H,9H2,1H3,(H,23,26)(H,24,25,27). The lowest BCUT2D eigenvalue weighted by atomic mass is 10.1. The van der Waals surface area contributed by atoms with Gasteiger partial charge in [-0.15, -0.1) is 11.3 Å². The molecule has 0 spiro atoms. The molecule has 144 valence electrons. The summed E-state index contributed by atoms with van der Waals surface area (Å²) in [5.41, 5.74) is 1.86. The van der Waals surface area contributed by atoms with Crippen LogP contribution in [0.3, 0.4) is 0 Å². The van der Waals surface area contributed by atoms with E-state index in [9.17, 15) is 18.4 Å². The molecule has 3 aromatic rings. The van der Waals surface area contributed by atoms with E-state index in [1.54, 1.807) is 0 Å². The van der Waals surface area contributed by atoms with Crippen LogP contribution in [0.5, 0.6) is 0 Å². The van der Waals surface area contributed by atoms with Crippen molar-refractivity contribution >= 4 is 28.3 Å². The van der Waals surface area contributed by atoms with Crippen molar-refractivity contribution < 1.29 is 18.4 Å². The van der Waals surface area contributed by atoms with Gasteiger partial charge in [-0.25, -0.2) is 13.8 Å². The average Bonchev–Trinajstić information content (AvgIpc) is 3.10. The number of amides is 2. The van der Waals surface area contributed by atoms with Crippen molar-refractivity contribution in [3.63, 3.8) is 0 Å². The monoisotopic (exact) mass is 401 g/mol. The summed E-state index contributed by atoms with van der Waals surface area (Å²) < 4.78 is 26.4. The number of hydrogen-bond acceptors (Lipinski definition) is 4. The molecule has 0 saturated carbocycles. The van der Waals surface area contributed by atoms with Gasteiger partial charge in [-0.1, -0.05) is 30.3 Å². The zero-order chi connectivity index (χ0) is 20.1.